The quantitative estimate of drug-likeness (QED) is 0.0889. The molecule has 0 aliphatic carbocycles. The average Bonchev–Trinajstić information content (AvgIpc) is 3.47. The SMILES string of the molecule is CC(C)Cc1ccc(N(c2ccc3c(-c4ccccc4)c4cc(N(c5ccc(CC(C)C)cc5)c5cc6ccccc6c6ccccc56)ccc4c(-c4ccccc4)c3c2)c2cc3ccccc3c3ccccc23)cc1. The van der Waals surface area contributed by atoms with Crippen LogP contribution in [-0.4, -0.2) is 0 Å². The maximum absolute atomic E-state index is 2.50. The third kappa shape index (κ3) is 8.50. The van der Waals surface area contributed by atoms with Gasteiger partial charge in [0.25, 0.3) is 0 Å². The van der Waals surface area contributed by atoms with Crippen LogP contribution >= 0.6 is 0 Å². The number of nitrogens with zero attached hydrogens (tertiary/aromatic N) is 2. The van der Waals surface area contributed by atoms with Crippen molar-refractivity contribution in [2.24, 2.45) is 11.8 Å². The molecule has 0 spiro atoms. The highest BCUT2D eigenvalue weighted by Gasteiger charge is 2.24. The van der Waals surface area contributed by atoms with Crippen molar-refractivity contribution in [2.45, 2.75) is 40.5 Å². The molecule has 0 heterocycles. The first-order valence-corrected chi connectivity index (χ1v) is 27.1. The van der Waals surface area contributed by atoms with Gasteiger partial charge in [-0.15, -0.1) is 0 Å². The summed E-state index contributed by atoms with van der Waals surface area (Å²) in [5.74, 6) is 1.13. The van der Waals surface area contributed by atoms with Crippen LogP contribution in [0.15, 0.2) is 255 Å². The average molecular weight is 977 g/mol. The fraction of sp³-hybridized carbons (Fsp3) is 0.108. The van der Waals surface area contributed by atoms with E-state index in [2.05, 4.69) is 292 Å². The van der Waals surface area contributed by atoms with E-state index in [0.717, 1.165) is 47.0 Å². The van der Waals surface area contributed by atoms with Gasteiger partial charge in [0.05, 0.1) is 11.4 Å². The van der Waals surface area contributed by atoms with Crippen LogP contribution in [0, 0.1) is 11.8 Å². The van der Waals surface area contributed by atoms with E-state index in [1.54, 1.807) is 0 Å². The van der Waals surface area contributed by atoms with Gasteiger partial charge in [0.15, 0.2) is 0 Å². The topological polar surface area (TPSA) is 6.48 Å². The Balaban J connectivity index is 1.10. The summed E-state index contributed by atoms with van der Waals surface area (Å²) >= 11 is 0. The monoisotopic (exact) mass is 976 g/mol. The molecule has 2 heteroatoms. The highest BCUT2D eigenvalue weighted by molar-refractivity contribution is 6.23. The van der Waals surface area contributed by atoms with E-state index in [1.165, 1.54) is 98.0 Å². The van der Waals surface area contributed by atoms with Gasteiger partial charge < -0.3 is 9.80 Å². The molecule has 0 saturated carbocycles. The lowest BCUT2D eigenvalue weighted by atomic mass is 9.85. The number of anilines is 6. The summed E-state index contributed by atoms with van der Waals surface area (Å²) < 4.78 is 0. The zero-order valence-corrected chi connectivity index (χ0v) is 43.7. The standard InChI is InChI=1S/C74H60N2/c1-49(2)43-51-31-35-57(36-32-51)75(71-45-55-23-11-13-25-61(55)63-27-15-17-29-65(63)71)59-39-41-67-69(47-59)73(53-19-7-5-8-20-53)68-42-40-60(48-70(68)74(67)54-21-9-6-10-22-54)76(58-37-33-52(34-38-58)44-50(3)4)72-46-56-24-12-14-26-62(56)64-28-16-18-30-66(64)72/h5-42,45-50H,43-44H2,1-4H3. The molecular formula is C74H60N2. The smallest absolute Gasteiger partial charge is 0.0546 e. The van der Waals surface area contributed by atoms with E-state index in [0.29, 0.717) is 11.8 Å². The molecule has 0 saturated heterocycles. The van der Waals surface area contributed by atoms with Crippen LogP contribution in [0.25, 0.3) is 86.9 Å². The molecule has 0 atom stereocenters. The summed E-state index contributed by atoms with van der Waals surface area (Å²) in [5, 5.41) is 14.7. The zero-order chi connectivity index (χ0) is 51.3. The number of benzene rings is 13. The maximum atomic E-state index is 2.50. The van der Waals surface area contributed by atoms with Gasteiger partial charge in [0.1, 0.15) is 0 Å². The second-order valence-electron chi connectivity index (χ2n) is 21.5. The van der Waals surface area contributed by atoms with Crippen molar-refractivity contribution >= 4 is 98.8 Å². The Bertz CT molecular complexity index is 3990. The van der Waals surface area contributed by atoms with Gasteiger partial charge in [-0.1, -0.05) is 222 Å². The lowest BCUT2D eigenvalue weighted by molar-refractivity contribution is 0.647. The Morgan fingerprint density at radius 3 is 0.974 bits per heavy atom. The lowest BCUT2D eigenvalue weighted by Crippen LogP contribution is -2.11. The van der Waals surface area contributed by atoms with Crippen LogP contribution < -0.4 is 9.80 Å². The molecule has 0 aromatic heterocycles. The van der Waals surface area contributed by atoms with Crippen LogP contribution in [0.4, 0.5) is 34.1 Å². The molecule has 0 aliphatic rings. The summed E-state index contributed by atoms with van der Waals surface area (Å²) in [4.78, 5) is 4.99. The molecule has 0 radical (unpaired) electrons. The van der Waals surface area contributed by atoms with Crippen LogP contribution in [0.2, 0.25) is 0 Å². The fourth-order valence-corrected chi connectivity index (χ4v) is 12.1. The number of hydrogen-bond donors (Lipinski definition) is 0. The maximum Gasteiger partial charge on any atom is 0.0546 e. The van der Waals surface area contributed by atoms with E-state index in [-0.39, 0.29) is 0 Å². The Hall–Kier alpha value is -8.98. The Morgan fingerprint density at radius 2 is 0.592 bits per heavy atom. The number of fused-ring (bicyclic) bond motifs is 8. The first kappa shape index (κ1) is 46.8. The normalized spacial score (nSPS) is 11.8. The fourth-order valence-electron chi connectivity index (χ4n) is 12.1. The van der Waals surface area contributed by atoms with Crippen LogP contribution in [0.3, 0.4) is 0 Å². The zero-order valence-electron chi connectivity index (χ0n) is 43.7. The second-order valence-corrected chi connectivity index (χ2v) is 21.5. The van der Waals surface area contributed by atoms with Gasteiger partial charge in [-0.2, -0.15) is 0 Å². The molecule has 0 N–H and O–H groups in total. The van der Waals surface area contributed by atoms with E-state index in [1.807, 2.05) is 0 Å². The first-order valence-electron chi connectivity index (χ1n) is 27.1. The van der Waals surface area contributed by atoms with E-state index in [4.69, 9.17) is 0 Å². The van der Waals surface area contributed by atoms with Gasteiger partial charge in [0, 0.05) is 33.5 Å². The summed E-state index contributed by atoms with van der Waals surface area (Å²) in [6.45, 7) is 9.18. The molecule has 0 unspecified atom stereocenters. The third-order valence-corrected chi connectivity index (χ3v) is 15.4. The summed E-state index contributed by atoms with van der Waals surface area (Å²) in [7, 11) is 0. The minimum absolute atomic E-state index is 0.565. The molecule has 2 nitrogen and oxygen atoms in total. The van der Waals surface area contributed by atoms with Gasteiger partial charge in [-0.25, -0.2) is 0 Å². The highest BCUT2D eigenvalue weighted by Crippen LogP contribution is 2.50. The van der Waals surface area contributed by atoms with E-state index >= 15 is 0 Å². The van der Waals surface area contributed by atoms with Gasteiger partial charge in [0.2, 0.25) is 0 Å². The van der Waals surface area contributed by atoms with Crippen molar-refractivity contribution in [3.05, 3.63) is 266 Å². The van der Waals surface area contributed by atoms with Crippen molar-refractivity contribution in [3.8, 4) is 22.3 Å². The summed E-state index contributed by atoms with van der Waals surface area (Å²) in [5.41, 5.74) is 14.3. The summed E-state index contributed by atoms with van der Waals surface area (Å²) in [6.07, 6.45) is 2.07. The van der Waals surface area contributed by atoms with Crippen LogP contribution in [-0.2, 0) is 12.8 Å². The number of rotatable bonds is 12. The molecule has 13 aromatic rings. The van der Waals surface area contributed by atoms with Gasteiger partial charge in [-0.05, 0) is 173 Å². The predicted molar refractivity (Wildman–Crippen MR) is 329 cm³/mol. The molecule has 76 heavy (non-hydrogen) atoms. The second kappa shape index (κ2) is 19.7. The molecule has 0 bridgehead atoms. The Labute approximate surface area is 446 Å². The van der Waals surface area contributed by atoms with E-state index < -0.39 is 0 Å². The Morgan fingerprint density at radius 1 is 0.263 bits per heavy atom. The minimum atomic E-state index is 0.565. The van der Waals surface area contributed by atoms with E-state index in [9.17, 15) is 0 Å². The van der Waals surface area contributed by atoms with Crippen molar-refractivity contribution in [1.29, 1.82) is 0 Å². The highest BCUT2D eigenvalue weighted by atomic mass is 15.1. The first-order chi connectivity index (χ1) is 37.3. The van der Waals surface area contributed by atoms with Crippen molar-refractivity contribution in [2.75, 3.05) is 9.80 Å². The molecule has 13 rings (SSSR count). The van der Waals surface area contributed by atoms with Crippen molar-refractivity contribution < 1.29 is 0 Å². The Kier molecular flexibility index (Phi) is 12.1. The van der Waals surface area contributed by atoms with Gasteiger partial charge in [-0.3, -0.25) is 0 Å². The van der Waals surface area contributed by atoms with Crippen LogP contribution in [0.1, 0.15) is 38.8 Å². The third-order valence-electron chi connectivity index (χ3n) is 15.4. The summed E-state index contributed by atoms with van der Waals surface area (Å²) in [6, 6.07) is 95.4. The van der Waals surface area contributed by atoms with Crippen molar-refractivity contribution in [1.82, 2.24) is 0 Å². The van der Waals surface area contributed by atoms with Crippen molar-refractivity contribution in [3.63, 3.8) is 0 Å². The molecule has 0 fully saturated rings. The minimum Gasteiger partial charge on any atom is -0.310 e. The van der Waals surface area contributed by atoms with Crippen LogP contribution in [0.5, 0.6) is 0 Å². The molecular weight excluding hydrogens is 917 g/mol. The molecule has 0 amide bonds. The van der Waals surface area contributed by atoms with Gasteiger partial charge >= 0.3 is 0 Å². The molecule has 0 aliphatic heterocycles. The predicted octanol–water partition coefficient (Wildman–Crippen LogP) is 21.3. The largest absolute Gasteiger partial charge is 0.310 e. The number of hydrogen-bond acceptors (Lipinski definition) is 2. The molecule has 366 valence electrons. The molecule has 13 aromatic carbocycles. The lowest BCUT2D eigenvalue weighted by Gasteiger charge is -2.30.